The molecule has 0 atom stereocenters. The van der Waals surface area contributed by atoms with Crippen LogP contribution in [0.25, 0.3) is 0 Å². The van der Waals surface area contributed by atoms with E-state index in [0.717, 1.165) is 35.5 Å². The molecule has 160 valence electrons. The van der Waals surface area contributed by atoms with Crippen molar-refractivity contribution in [2.75, 3.05) is 23.3 Å². The van der Waals surface area contributed by atoms with Gasteiger partial charge in [0.1, 0.15) is 0 Å². The Bertz CT molecular complexity index is 976. The molecule has 0 aliphatic heterocycles. The van der Waals surface area contributed by atoms with Gasteiger partial charge in [0.2, 0.25) is 0 Å². The molecule has 3 rings (SSSR count). The first-order chi connectivity index (χ1) is 15.0. The number of anilines is 2. The highest BCUT2D eigenvalue weighted by Gasteiger charge is 2.22. The van der Waals surface area contributed by atoms with Gasteiger partial charge in [0, 0.05) is 24.5 Å². The molecule has 0 aliphatic rings. The Balaban J connectivity index is 1.75. The van der Waals surface area contributed by atoms with Crippen molar-refractivity contribution in [1.82, 2.24) is 5.32 Å². The molecule has 2 N–H and O–H groups in total. The van der Waals surface area contributed by atoms with Crippen LogP contribution in [0.2, 0.25) is 0 Å². The average Bonchev–Trinajstić information content (AvgIpc) is 2.81. The number of rotatable bonds is 7. The summed E-state index contributed by atoms with van der Waals surface area (Å²) in [6.07, 6.45) is 0. The second-order valence-electron chi connectivity index (χ2n) is 7.35. The topological polar surface area (TPSA) is 61.4 Å². The molecule has 3 aromatic carbocycles. The monoisotopic (exact) mass is 415 g/mol. The fourth-order valence-corrected chi connectivity index (χ4v) is 3.60. The van der Waals surface area contributed by atoms with Gasteiger partial charge in [0.15, 0.2) is 0 Å². The summed E-state index contributed by atoms with van der Waals surface area (Å²) in [6, 6.07) is 24.7. The molecule has 0 heterocycles. The van der Waals surface area contributed by atoms with E-state index < -0.39 is 17.9 Å². The first-order valence-electron chi connectivity index (χ1n) is 10.6. The molecule has 0 fully saturated rings. The molecule has 5 nitrogen and oxygen atoms in total. The van der Waals surface area contributed by atoms with Crippen LogP contribution in [0.4, 0.5) is 11.4 Å². The maximum absolute atomic E-state index is 12.8. The molecule has 0 unspecified atom stereocenters. The van der Waals surface area contributed by atoms with E-state index in [0.29, 0.717) is 5.69 Å². The predicted octanol–water partition coefficient (Wildman–Crippen LogP) is 4.69. The van der Waals surface area contributed by atoms with Gasteiger partial charge in [-0.25, -0.2) is 0 Å². The first kappa shape index (κ1) is 22.1. The second-order valence-corrected chi connectivity index (χ2v) is 7.35. The third-order valence-electron chi connectivity index (χ3n) is 5.33. The summed E-state index contributed by atoms with van der Waals surface area (Å²) in [4.78, 5) is 27.6. The van der Waals surface area contributed by atoms with Crippen molar-refractivity contribution in [3.63, 3.8) is 0 Å². The number of carbonyl (C=O) groups is 2. The number of amides is 2. The van der Waals surface area contributed by atoms with Crippen LogP contribution < -0.4 is 15.5 Å². The molecule has 0 radical (unpaired) electrons. The van der Waals surface area contributed by atoms with E-state index >= 15 is 0 Å². The van der Waals surface area contributed by atoms with E-state index in [1.165, 1.54) is 0 Å². The summed E-state index contributed by atoms with van der Waals surface area (Å²) < 4.78 is 0. The third kappa shape index (κ3) is 5.51. The minimum absolute atomic E-state index is 0.410. The van der Waals surface area contributed by atoms with Gasteiger partial charge in [0.05, 0.1) is 6.04 Å². The predicted molar refractivity (Wildman–Crippen MR) is 126 cm³/mol. The molecule has 0 saturated carbocycles. The minimum Gasteiger partial charge on any atom is -0.372 e. The van der Waals surface area contributed by atoms with E-state index in [1.54, 1.807) is 0 Å². The van der Waals surface area contributed by atoms with E-state index in [9.17, 15) is 9.59 Å². The summed E-state index contributed by atoms with van der Waals surface area (Å²) in [5.74, 6) is -1.36. The smallest absolute Gasteiger partial charge is 0.313 e. The van der Waals surface area contributed by atoms with Crippen LogP contribution in [0.15, 0.2) is 78.9 Å². The van der Waals surface area contributed by atoms with Crippen molar-refractivity contribution in [2.24, 2.45) is 0 Å². The Morgan fingerprint density at radius 2 is 1.35 bits per heavy atom. The van der Waals surface area contributed by atoms with Crippen LogP contribution in [0.3, 0.4) is 0 Å². The third-order valence-corrected chi connectivity index (χ3v) is 5.33. The number of benzene rings is 3. The van der Waals surface area contributed by atoms with Gasteiger partial charge in [-0.15, -0.1) is 0 Å². The molecule has 2 amide bonds. The molecule has 0 saturated heterocycles. The van der Waals surface area contributed by atoms with E-state index in [-0.39, 0.29) is 0 Å². The number of carbonyl (C=O) groups excluding carboxylic acids is 2. The highest BCUT2D eigenvalue weighted by molar-refractivity contribution is 6.39. The Kier molecular flexibility index (Phi) is 7.44. The van der Waals surface area contributed by atoms with Gasteiger partial charge in [-0.3, -0.25) is 9.59 Å². The van der Waals surface area contributed by atoms with Crippen molar-refractivity contribution >= 4 is 23.2 Å². The number of hydrogen-bond acceptors (Lipinski definition) is 3. The lowest BCUT2D eigenvalue weighted by atomic mass is 9.98. The highest BCUT2D eigenvalue weighted by Crippen LogP contribution is 2.24. The fraction of sp³-hybridized carbons (Fsp3) is 0.231. The van der Waals surface area contributed by atoms with Gasteiger partial charge in [0.25, 0.3) is 0 Å². The summed E-state index contributed by atoms with van der Waals surface area (Å²) in [6.45, 7) is 7.95. The van der Waals surface area contributed by atoms with E-state index in [1.807, 2.05) is 85.8 Å². The van der Waals surface area contributed by atoms with Crippen molar-refractivity contribution in [3.8, 4) is 0 Å². The summed E-state index contributed by atoms with van der Waals surface area (Å²) in [7, 11) is 0. The molecule has 0 aromatic heterocycles. The van der Waals surface area contributed by atoms with Crippen LogP contribution in [-0.2, 0) is 9.59 Å². The SMILES string of the molecule is CCN(CC)c1ccc(NC(=O)C(=O)NC(c2ccccc2)c2ccccc2)c(C)c1. The van der Waals surface area contributed by atoms with Crippen molar-refractivity contribution < 1.29 is 9.59 Å². The zero-order valence-electron chi connectivity index (χ0n) is 18.3. The lowest BCUT2D eigenvalue weighted by Crippen LogP contribution is -2.38. The van der Waals surface area contributed by atoms with Crippen LogP contribution in [0, 0.1) is 6.92 Å². The summed E-state index contributed by atoms with van der Waals surface area (Å²) in [5.41, 5.74) is 4.46. The van der Waals surface area contributed by atoms with Crippen LogP contribution >= 0.6 is 0 Å². The second kappa shape index (κ2) is 10.4. The average molecular weight is 416 g/mol. The lowest BCUT2D eigenvalue weighted by molar-refractivity contribution is -0.136. The lowest BCUT2D eigenvalue weighted by Gasteiger charge is -2.22. The summed E-state index contributed by atoms with van der Waals surface area (Å²) >= 11 is 0. The molecule has 31 heavy (non-hydrogen) atoms. The van der Waals surface area contributed by atoms with Gasteiger partial charge in [-0.2, -0.15) is 0 Å². The quantitative estimate of drug-likeness (QED) is 0.551. The zero-order valence-corrected chi connectivity index (χ0v) is 18.3. The van der Waals surface area contributed by atoms with Crippen molar-refractivity contribution in [2.45, 2.75) is 26.8 Å². The first-order valence-corrected chi connectivity index (χ1v) is 10.6. The molecular formula is C26H29N3O2. The van der Waals surface area contributed by atoms with Gasteiger partial charge >= 0.3 is 11.8 Å². The molecule has 3 aromatic rings. The molecular weight excluding hydrogens is 386 g/mol. The number of nitrogens with zero attached hydrogens (tertiary/aromatic N) is 1. The zero-order chi connectivity index (χ0) is 22.2. The van der Waals surface area contributed by atoms with Crippen molar-refractivity contribution in [1.29, 1.82) is 0 Å². The molecule has 5 heteroatoms. The maximum Gasteiger partial charge on any atom is 0.313 e. The molecule has 0 spiro atoms. The molecule has 0 bridgehead atoms. The number of nitrogens with one attached hydrogen (secondary N) is 2. The van der Waals surface area contributed by atoms with E-state index in [2.05, 4.69) is 29.4 Å². The van der Waals surface area contributed by atoms with Gasteiger partial charge in [-0.1, -0.05) is 60.7 Å². The highest BCUT2D eigenvalue weighted by atomic mass is 16.2. The van der Waals surface area contributed by atoms with Crippen molar-refractivity contribution in [3.05, 3.63) is 95.6 Å². The van der Waals surface area contributed by atoms with Gasteiger partial charge in [-0.05, 0) is 55.7 Å². The summed E-state index contributed by atoms with van der Waals surface area (Å²) in [5, 5.41) is 5.63. The Morgan fingerprint density at radius 3 is 1.84 bits per heavy atom. The minimum atomic E-state index is -0.685. The Morgan fingerprint density at radius 1 is 0.806 bits per heavy atom. The number of hydrogen-bond donors (Lipinski definition) is 2. The Labute approximate surface area is 184 Å². The standard InChI is InChI=1S/C26H29N3O2/c1-4-29(5-2)22-16-17-23(19(3)18-22)27-25(30)26(31)28-24(20-12-8-6-9-13-20)21-14-10-7-11-15-21/h6-18,24H,4-5H2,1-3H3,(H,27,30)(H,28,31). The van der Waals surface area contributed by atoms with E-state index in [4.69, 9.17) is 0 Å². The normalized spacial score (nSPS) is 10.6. The Hall–Kier alpha value is -3.60. The van der Waals surface area contributed by atoms with Crippen LogP contribution in [-0.4, -0.2) is 24.9 Å². The fourth-order valence-electron chi connectivity index (χ4n) is 3.60. The van der Waals surface area contributed by atoms with Crippen LogP contribution in [0.1, 0.15) is 36.6 Å². The largest absolute Gasteiger partial charge is 0.372 e. The molecule has 0 aliphatic carbocycles. The van der Waals surface area contributed by atoms with Gasteiger partial charge < -0.3 is 15.5 Å². The maximum atomic E-state index is 12.8. The van der Waals surface area contributed by atoms with Crippen LogP contribution in [0.5, 0.6) is 0 Å². The number of aryl methyl sites for hydroxylation is 1.